The van der Waals surface area contributed by atoms with Gasteiger partial charge < -0.3 is 10.5 Å². The Morgan fingerprint density at radius 1 is 1.22 bits per heavy atom. The highest BCUT2D eigenvalue weighted by Crippen LogP contribution is 2.17. The zero-order valence-electron chi connectivity index (χ0n) is 11.3. The number of rotatable bonds is 4. The van der Waals surface area contributed by atoms with Crippen LogP contribution in [-0.2, 0) is 4.74 Å². The van der Waals surface area contributed by atoms with Gasteiger partial charge in [0.1, 0.15) is 0 Å². The van der Waals surface area contributed by atoms with Gasteiger partial charge in [0.05, 0.1) is 19.3 Å². The van der Waals surface area contributed by atoms with Crippen molar-refractivity contribution < 1.29 is 4.74 Å². The van der Waals surface area contributed by atoms with Crippen molar-refractivity contribution in [1.29, 1.82) is 0 Å². The number of hydrogen-bond acceptors (Lipinski definition) is 4. The molecule has 0 aliphatic carbocycles. The average Bonchev–Trinajstić information content (AvgIpc) is 2.36. The molecule has 1 aromatic rings. The predicted molar refractivity (Wildman–Crippen MR) is 73.2 cm³/mol. The highest BCUT2D eigenvalue weighted by atomic mass is 16.5. The van der Waals surface area contributed by atoms with Crippen LogP contribution < -0.4 is 11.2 Å². The maximum Gasteiger partial charge on any atom is 0.0608 e. The Labute approximate surface area is 109 Å². The van der Waals surface area contributed by atoms with E-state index >= 15 is 0 Å². The second kappa shape index (κ2) is 6.29. The first kappa shape index (κ1) is 13.5. The van der Waals surface area contributed by atoms with Gasteiger partial charge >= 0.3 is 0 Å². The number of aryl methyl sites for hydroxylation is 2. The Kier molecular flexibility index (Phi) is 4.72. The highest BCUT2D eigenvalue weighted by molar-refractivity contribution is 5.30. The quantitative estimate of drug-likeness (QED) is 0.840. The van der Waals surface area contributed by atoms with E-state index in [1.54, 1.807) is 0 Å². The smallest absolute Gasteiger partial charge is 0.0608 e. The molecule has 0 bridgehead atoms. The number of nitrogens with zero attached hydrogens (tertiary/aromatic N) is 1. The van der Waals surface area contributed by atoms with Crippen molar-refractivity contribution in [3.05, 3.63) is 34.9 Å². The van der Waals surface area contributed by atoms with E-state index in [0.717, 1.165) is 26.3 Å². The molecule has 0 radical (unpaired) electrons. The normalized spacial score (nSPS) is 18.8. The summed E-state index contributed by atoms with van der Waals surface area (Å²) < 4.78 is 5.35. The van der Waals surface area contributed by atoms with Crippen LogP contribution in [0.2, 0.25) is 0 Å². The summed E-state index contributed by atoms with van der Waals surface area (Å²) in [5.74, 6) is 0. The molecule has 4 heteroatoms. The largest absolute Gasteiger partial charge is 0.379 e. The highest BCUT2D eigenvalue weighted by Gasteiger charge is 2.16. The summed E-state index contributed by atoms with van der Waals surface area (Å²) in [5, 5.41) is 2.21. The topological polar surface area (TPSA) is 50.5 Å². The number of nitrogens with two attached hydrogens (primary N) is 1. The first-order valence-corrected chi connectivity index (χ1v) is 6.56. The van der Waals surface area contributed by atoms with Crippen molar-refractivity contribution in [3.63, 3.8) is 0 Å². The fourth-order valence-corrected chi connectivity index (χ4v) is 2.39. The van der Waals surface area contributed by atoms with Crippen LogP contribution >= 0.6 is 0 Å². The van der Waals surface area contributed by atoms with Crippen molar-refractivity contribution >= 4 is 0 Å². The number of nitrogens with one attached hydrogen (secondary N) is 1. The van der Waals surface area contributed by atoms with E-state index in [1.165, 1.54) is 16.7 Å². The molecule has 0 amide bonds. The van der Waals surface area contributed by atoms with E-state index in [9.17, 15) is 0 Å². The Hall–Kier alpha value is -0.940. The van der Waals surface area contributed by atoms with Crippen molar-refractivity contribution in [2.75, 3.05) is 32.8 Å². The van der Waals surface area contributed by atoms with Crippen LogP contribution in [0.1, 0.15) is 22.7 Å². The molecule has 1 aliphatic rings. The van der Waals surface area contributed by atoms with Crippen LogP contribution in [-0.4, -0.2) is 37.9 Å². The zero-order chi connectivity index (χ0) is 13.0. The van der Waals surface area contributed by atoms with Gasteiger partial charge in [0.15, 0.2) is 0 Å². The van der Waals surface area contributed by atoms with E-state index in [1.807, 2.05) is 0 Å². The van der Waals surface area contributed by atoms with E-state index in [4.69, 9.17) is 10.5 Å². The van der Waals surface area contributed by atoms with Gasteiger partial charge in [-0.15, -0.1) is 0 Å². The Bertz CT molecular complexity index is 368. The number of ether oxygens (including phenoxy) is 1. The maximum absolute atomic E-state index is 5.90. The van der Waals surface area contributed by atoms with Crippen molar-refractivity contribution in [1.82, 2.24) is 10.4 Å². The number of hydrazine groups is 1. The molecule has 1 saturated heterocycles. The van der Waals surface area contributed by atoms with Crippen LogP contribution in [0.3, 0.4) is 0 Å². The minimum atomic E-state index is 0.182. The molecule has 100 valence electrons. The first-order valence-electron chi connectivity index (χ1n) is 6.56. The Morgan fingerprint density at radius 2 is 1.83 bits per heavy atom. The minimum absolute atomic E-state index is 0.182. The summed E-state index contributed by atoms with van der Waals surface area (Å²) in [5.41, 5.74) is 13.2. The summed E-state index contributed by atoms with van der Waals surface area (Å²) in [6.45, 7) is 8.26. The molecule has 1 fully saturated rings. The predicted octanol–water partition coefficient (Wildman–Crippen LogP) is 1.14. The molecule has 1 aromatic carbocycles. The molecule has 3 N–H and O–H groups in total. The second-order valence-electron chi connectivity index (χ2n) is 4.94. The number of morpholine rings is 1. The van der Waals surface area contributed by atoms with E-state index in [0.29, 0.717) is 6.54 Å². The van der Waals surface area contributed by atoms with Crippen LogP contribution in [0.25, 0.3) is 0 Å². The van der Waals surface area contributed by atoms with Crippen molar-refractivity contribution in [2.24, 2.45) is 5.73 Å². The molecule has 1 atom stereocenters. The molecule has 1 aliphatic heterocycles. The standard InChI is InChI=1S/C14H23N3O/c1-11-7-12(2)9-13(8-11)14(10-15)16-17-3-5-18-6-4-17/h7-9,14,16H,3-6,10,15H2,1-2H3. The maximum atomic E-state index is 5.90. The lowest BCUT2D eigenvalue weighted by molar-refractivity contribution is 0.00404. The number of hydrogen-bond donors (Lipinski definition) is 2. The monoisotopic (exact) mass is 249 g/mol. The second-order valence-corrected chi connectivity index (χ2v) is 4.94. The lowest BCUT2D eigenvalue weighted by Gasteiger charge is -2.31. The van der Waals surface area contributed by atoms with Gasteiger partial charge in [-0.25, -0.2) is 10.4 Å². The summed E-state index contributed by atoms with van der Waals surface area (Å²) in [4.78, 5) is 0. The molecule has 1 unspecified atom stereocenters. The van der Waals surface area contributed by atoms with E-state index < -0.39 is 0 Å². The van der Waals surface area contributed by atoms with Crippen LogP contribution in [0.15, 0.2) is 18.2 Å². The van der Waals surface area contributed by atoms with Crippen molar-refractivity contribution in [3.8, 4) is 0 Å². The molecule has 4 nitrogen and oxygen atoms in total. The molecular formula is C14H23N3O. The van der Waals surface area contributed by atoms with Gasteiger partial charge in [-0.05, 0) is 19.4 Å². The van der Waals surface area contributed by atoms with Gasteiger partial charge in [-0.3, -0.25) is 0 Å². The molecular weight excluding hydrogens is 226 g/mol. The summed E-state index contributed by atoms with van der Waals surface area (Å²) in [6.07, 6.45) is 0. The minimum Gasteiger partial charge on any atom is -0.379 e. The third kappa shape index (κ3) is 3.53. The molecule has 0 saturated carbocycles. The average molecular weight is 249 g/mol. The first-order chi connectivity index (χ1) is 8.69. The molecule has 1 heterocycles. The fourth-order valence-electron chi connectivity index (χ4n) is 2.39. The summed E-state index contributed by atoms with van der Waals surface area (Å²) in [7, 11) is 0. The van der Waals surface area contributed by atoms with E-state index in [-0.39, 0.29) is 6.04 Å². The summed E-state index contributed by atoms with van der Waals surface area (Å²) >= 11 is 0. The van der Waals surface area contributed by atoms with Crippen LogP contribution in [0, 0.1) is 13.8 Å². The van der Waals surface area contributed by atoms with Crippen LogP contribution in [0.4, 0.5) is 0 Å². The molecule has 2 rings (SSSR count). The van der Waals surface area contributed by atoms with Gasteiger partial charge in [-0.1, -0.05) is 29.3 Å². The Morgan fingerprint density at radius 3 is 2.39 bits per heavy atom. The number of benzene rings is 1. The Balaban J connectivity index is 2.06. The third-order valence-electron chi connectivity index (χ3n) is 3.23. The lowest BCUT2D eigenvalue weighted by Crippen LogP contribution is -2.48. The molecule has 0 spiro atoms. The molecule has 18 heavy (non-hydrogen) atoms. The third-order valence-corrected chi connectivity index (χ3v) is 3.23. The molecule has 0 aromatic heterocycles. The van der Waals surface area contributed by atoms with Crippen LogP contribution in [0.5, 0.6) is 0 Å². The van der Waals surface area contributed by atoms with Gasteiger partial charge in [-0.2, -0.15) is 0 Å². The summed E-state index contributed by atoms with van der Waals surface area (Å²) in [6, 6.07) is 6.78. The van der Waals surface area contributed by atoms with Crippen molar-refractivity contribution in [2.45, 2.75) is 19.9 Å². The van der Waals surface area contributed by atoms with Gasteiger partial charge in [0.25, 0.3) is 0 Å². The van der Waals surface area contributed by atoms with Gasteiger partial charge in [0.2, 0.25) is 0 Å². The lowest BCUT2D eigenvalue weighted by atomic mass is 10.0. The fraction of sp³-hybridized carbons (Fsp3) is 0.571. The van der Waals surface area contributed by atoms with Gasteiger partial charge in [0, 0.05) is 19.6 Å². The van der Waals surface area contributed by atoms with E-state index in [2.05, 4.69) is 42.5 Å². The zero-order valence-corrected chi connectivity index (χ0v) is 11.3. The SMILES string of the molecule is Cc1cc(C)cc(C(CN)NN2CCOCC2)c1.